The standard InChI is InChI=1S/C27H21ClINO6S/c1-2-34-22-15-17(14-21(29)24(22)36-26(32)18-6-4-3-5-7-18)16-23-25(31)30(27(33)37-23)12-13-35-20-10-8-19(28)9-11-20/h3-11,14-16H,2,12-13H2,1H3/b23-16-. The molecular formula is C27H21ClINO6S. The van der Waals surface area contributed by atoms with Gasteiger partial charge < -0.3 is 14.2 Å². The minimum Gasteiger partial charge on any atom is -0.492 e. The molecule has 0 atom stereocenters. The first-order chi connectivity index (χ1) is 17.9. The summed E-state index contributed by atoms with van der Waals surface area (Å²) in [6.45, 7) is 2.43. The number of nitrogens with zero attached hydrogens (tertiary/aromatic N) is 1. The maximum atomic E-state index is 12.9. The molecule has 0 aromatic heterocycles. The molecule has 3 aromatic rings. The number of ether oxygens (including phenoxy) is 3. The molecule has 0 spiro atoms. The summed E-state index contributed by atoms with van der Waals surface area (Å²) in [5, 5.41) is 0.220. The van der Waals surface area contributed by atoms with E-state index in [-0.39, 0.29) is 23.3 Å². The summed E-state index contributed by atoms with van der Waals surface area (Å²) in [6.07, 6.45) is 1.62. The Morgan fingerprint density at radius 3 is 2.49 bits per heavy atom. The smallest absolute Gasteiger partial charge is 0.343 e. The van der Waals surface area contributed by atoms with Gasteiger partial charge in [0, 0.05) is 5.02 Å². The first kappa shape index (κ1) is 27.0. The van der Waals surface area contributed by atoms with Gasteiger partial charge in [-0.15, -0.1) is 0 Å². The highest BCUT2D eigenvalue weighted by Crippen LogP contribution is 2.38. The third-order valence-corrected chi connectivity index (χ3v) is 7.07. The minimum atomic E-state index is -0.505. The Balaban J connectivity index is 1.48. The van der Waals surface area contributed by atoms with Crippen molar-refractivity contribution in [3.63, 3.8) is 0 Å². The van der Waals surface area contributed by atoms with Crippen LogP contribution < -0.4 is 14.2 Å². The lowest BCUT2D eigenvalue weighted by molar-refractivity contribution is -0.123. The Labute approximate surface area is 236 Å². The first-order valence-electron chi connectivity index (χ1n) is 11.2. The highest BCUT2D eigenvalue weighted by Gasteiger charge is 2.35. The zero-order chi connectivity index (χ0) is 26.4. The number of hydrogen-bond donors (Lipinski definition) is 0. The van der Waals surface area contributed by atoms with Gasteiger partial charge in [-0.25, -0.2) is 4.79 Å². The maximum absolute atomic E-state index is 12.9. The van der Waals surface area contributed by atoms with Crippen molar-refractivity contribution in [1.29, 1.82) is 0 Å². The Hall–Kier alpha value is -3.02. The van der Waals surface area contributed by atoms with Crippen molar-refractivity contribution in [2.45, 2.75) is 6.92 Å². The lowest BCUT2D eigenvalue weighted by Gasteiger charge is -2.14. The topological polar surface area (TPSA) is 82.1 Å². The summed E-state index contributed by atoms with van der Waals surface area (Å²) in [7, 11) is 0. The number of carbonyl (C=O) groups is 3. The van der Waals surface area contributed by atoms with Crippen LogP contribution in [0.1, 0.15) is 22.8 Å². The van der Waals surface area contributed by atoms with Crippen LogP contribution in [0.2, 0.25) is 5.02 Å². The highest BCUT2D eigenvalue weighted by atomic mass is 127. The van der Waals surface area contributed by atoms with E-state index in [9.17, 15) is 14.4 Å². The van der Waals surface area contributed by atoms with E-state index in [1.165, 1.54) is 0 Å². The van der Waals surface area contributed by atoms with E-state index < -0.39 is 11.9 Å². The van der Waals surface area contributed by atoms with Gasteiger partial charge in [-0.2, -0.15) is 0 Å². The van der Waals surface area contributed by atoms with Crippen LogP contribution in [-0.2, 0) is 4.79 Å². The first-order valence-corrected chi connectivity index (χ1v) is 13.5. The molecule has 1 aliphatic heterocycles. The molecule has 0 radical (unpaired) electrons. The second kappa shape index (κ2) is 12.5. The molecule has 1 fully saturated rings. The van der Waals surface area contributed by atoms with Crippen LogP contribution in [0, 0.1) is 3.57 Å². The number of imide groups is 1. The van der Waals surface area contributed by atoms with Crippen LogP contribution in [0.25, 0.3) is 6.08 Å². The molecule has 1 saturated heterocycles. The van der Waals surface area contributed by atoms with Gasteiger partial charge in [0.1, 0.15) is 12.4 Å². The molecule has 0 unspecified atom stereocenters. The van der Waals surface area contributed by atoms with Crippen LogP contribution >= 0.6 is 46.0 Å². The van der Waals surface area contributed by atoms with Crippen molar-refractivity contribution in [1.82, 2.24) is 4.90 Å². The van der Waals surface area contributed by atoms with Crippen molar-refractivity contribution < 1.29 is 28.6 Å². The summed E-state index contributed by atoms with van der Waals surface area (Å²) in [6, 6.07) is 18.9. The van der Waals surface area contributed by atoms with E-state index in [4.69, 9.17) is 25.8 Å². The van der Waals surface area contributed by atoms with Crippen LogP contribution in [0.5, 0.6) is 17.2 Å². The average molecular weight is 650 g/mol. The molecule has 37 heavy (non-hydrogen) atoms. The zero-order valence-corrected chi connectivity index (χ0v) is 23.3. The van der Waals surface area contributed by atoms with E-state index in [1.54, 1.807) is 66.7 Å². The number of rotatable bonds is 9. The fourth-order valence-electron chi connectivity index (χ4n) is 3.39. The molecule has 4 rings (SSSR count). The van der Waals surface area contributed by atoms with Gasteiger partial charge in [-0.3, -0.25) is 14.5 Å². The van der Waals surface area contributed by atoms with Crippen LogP contribution in [0.3, 0.4) is 0 Å². The van der Waals surface area contributed by atoms with E-state index in [0.29, 0.717) is 43.6 Å². The lowest BCUT2D eigenvalue weighted by Crippen LogP contribution is -2.32. The van der Waals surface area contributed by atoms with Gasteiger partial charge >= 0.3 is 5.97 Å². The molecule has 0 aliphatic carbocycles. The minimum absolute atomic E-state index is 0.112. The van der Waals surface area contributed by atoms with Gasteiger partial charge in [0.25, 0.3) is 11.1 Å². The van der Waals surface area contributed by atoms with E-state index in [1.807, 2.05) is 35.6 Å². The van der Waals surface area contributed by atoms with Gasteiger partial charge in [0.15, 0.2) is 11.5 Å². The van der Waals surface area contributed by atoms with Gasteiger partial charge in [-0.05, 0) is 101 Å². The molecule has 0 N–H and O–H groups in total. The Kier molecular flexibility index (Phi) is 9.12. The summed E-state index contributed by atoms with van der Waals surface area (Å²) in [5.74, 6) is 0.343. The Bertz CT molecular complexity index is 1350. The van der Waals surface area contributed by atoms with Crippen LogP contribution in [0.4, 0.5) is 4.79 Å². The number of benzene rings is 3. The third-order valence-electron chi connectivity index (χ3n) is 5.10. The maximum Gasteiger partial charge on any atom is 0.343 e. The normalized spacial score (nSPS) is 14.2. The fourth-order valence-corrected chi connectivity index (χ4v) is 5.12. The third kappa shape index (κ3) is 6.85. The number of carbonyl (C=O) groups excluding carboxylic acids is 3. The summed E-state index contributed by atoms with van der Waals surface area (Å²) < 4.78 is 17.6. The summed E-state index contributed by atoms with van der Waals surface area (Å²) in [4.78, 5) is 39.4. The van der Waals surface area contributed by atoms with Gasteiger partial charge in [0.2, 0.25) is 0 Å². The van der Waals surface area contributed by atoms with E-state index in [2.05, 4.69) is 0 Å². The zero-order valence-electron chi connectivity index (χ0n) is 19.6. The number of amides is 2. The highest BCUT2D eigenvalue weighted by molar-refractivity contribution is 14.1. The molecule has 0 saturated carbocycles. The molecule has 3 aromatic carbocycles. The second-order valence-electron chi connectivity index (χ2n) is 7.65. The molecular weight excluding hydrogens is 629 g/mol. The van der Waals surface area contributed by atoms with Gasteiger partial charge in [-0.1, -0.05) is 29.8 Å². The molecule has 7 nitrogen and oxygen atoms in total. The Morgan fingerprint density at radius 2 is 1.78 bits per heavy atom. The molecule has 1 heterocycles. The average Bonchev–Trinajstić information content (AvgIpc) is 3.15. The molecule has 2 amide bonds. The van der Waals surface area contributed by atoms with Crippen LogP contribution in [0.15, 0.2) is 71.6 Å². The number of thioether (sulfide) groups is 1. The predicted octanol–water partition coefficient (Wildman–Crippen LogP) is 6.68. The quantitative estimate of drug-likeness (QED) is 0.111. The second-order valence-corrected chi connectivity index (χ2v) is 10.2. The van der Waals surface area contributed by atoms with Gasteiger partial charge in [0.05, 0.1) is 27.2 Å². The van der Waals surface area contributed by atoms with Crippen molar-refractivity contribution >= 4 is 69.1 Å². The summed E-state index contributed by atoms with van der Waals surface area (Å²) >= 11 is 8.78. The molecule has 1 aliphatic rings. The van der Waals surface area contributed by atoms with Crippen molar-refractivity contribution in [2.75, 3.05) is 19.8 Å². The summed E-state index contributed by atoms with van der Waals surface area (Å²) in [5.41, 5.74) is 1.05. The number of hydrogen-bond acceptors (Lipinski definition) is 7. The predicted molar refractivity (Wildman–Crippen MR) is 151 cm³/mol. The van der Waals surface area contributed by atoms with Crippen molar-refractivity contribution in [2.24, 2.45) is 0 Å². The van der Waals surface area contributed by atoms with Crippen LogP contribution in [-0.4, -0.2) is 41.8 Å². The molecule has 190 valence electrons. The number of halogens is 2. The SMILES string of the molecule is CCOc1cc(/C=C2\SC(=O)N(CCOc3ccc(Cl)cc3)C2=O)cc(I)c1OC(=O)c1ccccc1. The van der Waals surface area contributed by atoms with Crippen molar-refractivity contribution in [3.8, 4) is 17.2 Å². The Morgan fingerprint density at radius 1 is 1.05 bits per heavy atom. The fraction of sp³-hybridized carbons (Fsp3) is 0.148. The molecule has 10 heteroatoms. The largest absolute Gasteiger partial charge is 0.492 e. The monoisotopic (exact) mass is 649 g/mol. The number of esters is 1. The van der Waals surface area contributed by atoms with Crippen molar-refractivity contribution in [3.05, 3.63) is 91.4 Å². The van der Waals surface area contributed by atoms with E-state index in [0.717, 1.165) is 16.7 Å². The lowest BCUT2D eigenvalue weighted by atomic mass is 10.1. The van der Waals surface area contributed by atoms with E-state index >= 15 is 0 Å². The molecule has 0 bridgehead atoms.